The van der Waals surface area contributed by atoms with Gasteiger partial charge < -0.3 is 91.6 Å². The topological polar surface area (TPSA) is 461 Å². The molecule has 8 aromatic heterocycles. The molecule has 15 heterocycles. The molecule has 7 fully saturated rings. The van der Waals surface area contributed by atoms with Crippen molar-refractivity contribution in [3.63, 3.8) is 0 Å². The minimum absolute atomic E-state index is 0.0200. The molecule has 0 amide bonds. The second-order valence-electron chi connectivity index (χ2n) is 23.2. The van der Waals surface area contributed by atoms with E-state index >= 15 is 0 Å². The van der Waals surface area contributed by atoms with Gasteiger partial charge in [0.15, 0.2) is 88.1 Å². The number of imidazole rings is 4. The molecule has 0 aromatic carbocycles. The summed E-state index contributed by atoms with van der Waals surface area (Å²) in [5.74, 6) is 4.20. The van der Waals surface area contributed by atoms with Gasteiger partial charge in [-0.3, -0.25) is 23.6 Å². The van der Waals surface area contributed by atoms with Crippen LogP contribution in [0.3, 0.4) is 0 Å². The van der Waals surface area contributed by atoms with Crippen molar-refractivity contribution in [2.24, 2.45) is 5.73 Å². The first-order valence-corrected chi connectivity index (χ1v) is 28.9. The van der Waals surface area contributed by atoms with Gasteiger partial charge in [0.05, 0.1) is 44.5 Å². The van der Waals surface area contributed by atoms with Crippen LogP contribution in [0.15, 0.2) is 50.6 Å². The first-order chi connectivity index (χ1) is 43.1. The second-order valence-corrected chi connectivity index (χ2v) is 23.2. The van der Waals surface area contributed by atoms with Gasteiger partial charge >= 0.3 is 0 Å². The van der Waals surface area contributed by atoms with Gasteiger partial charge in [-0.2, -0.15) is 0 Å². The highest BCUT2D eigenvalue weighted by molar-refractivity contribution is 5.83. The van der Waals surface area contributed by atoms with Gasteiger partial charge in [-0.25, -0.2) is 59.8 Å². The molecular formula is C55H71N23O12. The van der Waals surface area contributed by atoms with Crippen molar-refractivity contribution < 1.29 is 57.6 Å². The molecule has 35 heteroatoms. The van der Waals surface area contributed by atoms with E-state index < -0.39 is 54.5 Å². The van der Waals surface area contributed by atoms with Crippen molar-refractivity contribution in [2.45, 2.75) is 171 Å². The first kappa shape index (κ1) is 62.1. The third kappa shape index (κ3) is 11.6. The molecule has 0 saturated carbocycles. The van der Waals surface area contributed by atoms with E-state index in [2.05, 4.69) is 89.2 Å². The summed E-state index contributed by atoms with van der Waals surface area (Å²) in [6.07, 6.45) is 16.3. The number of nitrogens with two attached hydrogens (primary N) is 5. The van der Waals surface area contributed by atoms with Gasteiger partial charge in [0.2, 0.25) is 0 Å². The predicted molar refractivity (Wildman–Crippen MR) is 316 cm³/mol. The van der Waals surface area contributed by atoms with Crippen LogP contribution in [0.1, 0.15) is 79.8 Å². The monoisotopic (exact) mass is 1250 g/mol. The minimum Gasteiger partial charge on any atom is -0.386 e. The number of nitrogens with one attached hydrogen (secondary N) is 2. The summed E-state index contributed by atoms with van der Waals surface area (Å²) in [7, 11) is 0. The maximum Gasteiger partial charge on any atom is 0.167 e. The second kappa shape index (κ2) is 24.6. The Morgan fingerprint density at radius 2 is 0.811 bits per heavy atom. The zero-order valence-electron chi connectivity index (χ0n) is 50.1. The van der Waals surface area contributed by atoms with Crippen LogP contribution >= 0.6 is 0 Å². The normalized spacial score (nSPS) is 31.5. The maximum absolute atomic E-state index is 10.1. The van der Waals surface area contributed by atoms with Crippen LogP contribution in [-0.2, 0) is 47.4 Å². The van der Waals surface area contributed by atoms with E-state index in [4.69, 9.17) is 88.9 Å². The zero-order valence-corrected chi connectivity index (χ0v) is 50.1. The van der Waals surface area contributed by atoms with E-state index in [0.29, 0.717) is 81.7 Å². The molecule has 0 spiro atoms. The Morgan fingerprint density at radius 1 is 0.467 bits per heavy atom. The smallest absolute Gasteiger partial charge is 0.167 e. The molecule has 7 aliphatic rings. The van der Waals surface area contributed by atoms with E-state index in [1.165, 1.54) is 36.2 Å². The van der Waals surface area contributed by atoms with Crippen molar-refractivity contribution >= 4 is 67.9 Å². The quantitative estimate of drug-likeness (QED) is 0.0570. The molecule has 8 aromatic rings. The minimum atomic E-state index is -1.16. The van der Waals surface area contributed by atoms with Crippen LogP contribution in [0, 0.1) is 24.7 Å². The number of terminal acetylenes is 2. The van der Waals surface area contributed by atoms with Crippen LogP contribution in [-0.4, -0.2) is 205 Å². The van der Waals surface area contributed by atoms with Crippen molar-refractivity contribution in [3.8, 4) is 24.7 Å². The van der Waals surface area contributed by atoms with Crippen molar-refractivity contribution in [1.29, 1.82) is 0 Å². The fourth-order valence-corrected chi connectivity index (χ4v) is 12.1. The molecule has 90 heavy (non-hydrogen) atoms. The maximum atomic E-state index is 10.1. The molecule has 0 bridgehead atoms. The van der Waals surface area contributed by atoms with Crippen LogP contribution in [0.25, 0.3) is 44.7 Å². The van der Waals surface area contributed by atoms with Gasteiger partial charge in [-0.15, -0.1) is 12.8 Å². The van der Waals surface area contributed by atoms with E-state index in [-0.39, 0.29) is 73.5 Å². The summed E-state index contributed by atoms with van der Waals surface area (Å²) >= 11 is 0. The molecule has 16 atom stereocenters. The molecular weight excluding hydrogens is 1170 g/mol. The number of aromatic nitrogens is 16. The Kier molecular flexibility index (Phi) is 17.0. The fraction of sp³-hybridized carbons (Fsp3) is 0.564. The highest BCUT2D eigenvalue weighted by Gasteiger charge is 2.58. The summed E-state index contributed by atoms with van der Waals surface area (Å²) in [4.78, 5) is 49.6. The number of nitrogens with zero attached hydrogens (tertiary/aromatic N) is 16. The number of rotatable bonds is 11. The Bertz CT molecular complexity index is 3840. The van der Waals surface area contributed by atoms with Crippen LogP contribution < -0.4 is 39.3 Å². The predicted octanol–water partition coefficient (Wildman–Crippen LogP) is -0.722. The summed E-state index contributed by atoms with van der Waals surface area (Å²) in [5.41, 5.74) is 33.4. The zero-order chi connectivity index (χ0) is 63.6. The molecule has 4 unspecified atom stereocenters. The third-order valence-corrected chi connectivity index (χ3v) is 15.9. The van der Waals surface area contributed by atoms with Crippen LogP contribution in [0.5, 0.6) is 0 Å². The van der Waals surface area contributed by atoms with E-state index in [1.54, 1.807) is 23.5 Å². The Balaban J connectivity index is 0.000000116. The van der Waals surface area contributed by atoms with Gasteiger partial charge in [0, 0.05) is 13.1 Å². The first-order valence-electron chi connectivity index (χ1n) is 28.9. The lowest BCUT2D eigenvalue weighted by molar-refractivity contribution is -0.196. The number of aliphatic hydroxyl groups excluding tert-OH is 2. The van der Waals surface area contributed by atoms with Gasteiger partial charge in [0.25, 0.3) is 0 Å². The Morgan fingerprint density at radius 3 is 1.19 bits per heavy atom. The lowest BCUT2D eigenvalue weighted by Gasteiger charge is -2.24. The Labute approximate surface area is 513 Å². The van der Waals surface area contributed by atoms with Gasteiger partial charge in [0.1, 0.15) is 115 Å². The van der Waals surface area contributed by atoms with Gasteiger partial charge in [-0.1, -0.05) is 18.8 Å². The van der Waals surface area contributed by atoms with Crippen molar-refractivity contribution in [1.82, 2.24) is 88.7 Å². The molecule has 7 saturated heterocycles. The summed E-state index contributed by atoms with van der Waals surface area (Å²) in [6.45, 7) is 15.0. The number of aliphatic hydroxyl groups is 2. The average molecular weight is 1250 g/mol. The van der Waals surface area contributed by atoms with E-state index in [1.807, 2.05) is 50.7 Å². The average Bonchev–Trinajstić information content (AvgIpc) is 1.65. The molecule has 35 nitrogen and oxygen atoms in total. The van der Waals surface area contributed by atoms with Crippen molar-refractivity contribution in [2.75, 3.05) is 49.1 Å². The lowest BCUT2D eigenvalue weighted by atomic mass is 10.1. The molecule has 15 rings (SSSR count). The molecule has 7 aliphatic heterocycles. The summed E-state index contributed by atoms with van der Waals surface area (Å²) < 4.78 is 67.0. The highest BCUT2D eigenvalue weighted by atomic mass is 16.8. The molecule has 0 aliphatic carbocycles. The number of fused-ring (bicyclic) bond motifs is 7. The van der Waals surface area contributed by atoms with Crippen LogP contribution in [0.2, 0.25) is 0 Å². The van der Waals surface area contributed by atoms with E-state index in [0.717, 1.165) is 6.42 Å². The lowest BCUT2D eigenvalue weighted by Crippen LogP contribution is -2.40. The number of ether oxygens (including phenoxy) is 10. The molecule has 478 valence electrons. The SMILES string of the molecule is C#CCNC[C@H]1O[C@@H](n2cnc3c(N)ncnc32)[C@H]2OC(C)(C)OC12.C#CCN[C@H]1O[C@@H](n2cnc3c(N)ncnc32)[C@@H](O)C1O.CC1(C)OC2[C@@H](CN)O[C@@H](n3cnc4c(N)ncnc43)[C@H]2O1.CC[C@H]1O[C@@H](n2cnc3c(N)ncnc32)[C@H]2OC(C)(C)OC12. The summed E-state index contributed by atoms with van der Waals surface area (Å²) in [5, 5.41) is 26.1. The number of anilines is 4. The summed E-state index contributed by atoms with van der Waals surface area (Å²) in [6, 6.07) is 0. The molecule has 14 N–H and O–H groups in total. The number of hydrogen-bond acceptors (Lipinski definition) is 31. The van der Waals surface area contributed by atoms with E-state index in [9.17, 15) is 10.2 Å². The third-order valence-electron chi connectivity index (χ3n) is 15.9. The largest absolute Gasteiger partial charge is 0.386 e. The van der Waals surface area contributed by atoms with Crippen molar-refractivity contribution in [3.05, 3.63) is 50.6 Å². The number of nitrogen functional groups attached to an aromatic ring is 4. The number of hydrogen-bond donors (Lipinski definition) is 9. The van der Waals surface area contributed by atoms with Gasteiger partial charge in [-0.05, 0) is 48.0 Å². The highest BCUT2D eigenvalue weighted by Crippen LogP contribution is 2.47. The van der Waals surface area contributed by atoms with Crippen LogP contribution in [0.4, 0.5) is 23.3 Å². The fourth-order valence-electron chi connectivity index (χ4n) is 12.1. The standard InChI is InChI=1S/C16H20N6O3.C14H19N5O3.C13H18N6O3.C12H14N6O3/c1-4-5-18-6-9-11-12(25-16(2,3)24-11)15(23-9)22-8-21-10-13(17)19-7-20-14(10)22;1-4-7-9-10(22-14(2,3)21-9)13(20-7)19-6-18-8-11(15)16-5-17-12(8)19;1-13(2)21-8-6(3-14)20-12(9(8)22-13)19-5-18-7-10(15)16-4-17-11(7)19;1-2-3-14-11-7(19)8(20)12(21-11)18-5-17-6-9(13)15-4-16-10(6)18/h1,7-9,11-12,15,18H,5-6H2,2-3H3,(H2,17,19,20);5-7,9-10,13H,4H2,1-3H3,(H2,15,16,17);4-6,8-9,12H,3,14H2,1-2H3,(H2,15,16,17);1,4-5,7-8,11-12,14,19-20H,3H2,(H2,13,15,16)/t9-,11?,12+,15-;7-,9?,10+,13-;6-,8?,9+,12-;7?,8-,11-,12+/m1110/s1. The molecule has 0 radical (unpaired) electrons. The Hall–Kier alpha value is -8.08.